The molecule has 1 aliphatic heterocycles. The van der Waals surface area contributed by atoms with Crippen LogP contribution in [0.15, 0.2) is 48.5 Å². The normalized spacial score (nSPS) is 15.9. The lowest BCUT2D eigenvalue weighted by molar-refractivity contribution is -0.123. The monoisotopic (exact) mass is 380 g/mol. The number of aryl methyl sites for hydroxylation is 1. The minimum atomic E-state index is -0.110. The van der Waals surface area contributed by atoms with Gasteiger partial charge in [0.25, 0.3) is 5.91 Å². The molecule has 2 aromatic carbocycles. The number of hydrogen-bond donors (Lipinski definition) is 1. The van der Waals surface area contributed by atoms with Crippen LogP contribution in [0.3, 0.4) is 0 Å². The van der Waals surface area contributed by atoms with Crippen LogP contribution in [0.5, 0.6) is 5.75 Å². The van der Waals surface area contributed by atoms with Crippen LogP contribution in [-0.2, 0) is 11.2 Å². The molecule has 3 rings (SSSR count). The molecule has 0 aromatic heterocycles. The molecule has 2 aromatic rings. The summed E-state index contributed by atoms with van der Waals surface area (Å²) in [7, 11) is 0. The molecule has 1 unspecified atom stereocenters. The van der Waals surface area contributed by atoms with E-state index >= 15 is 0 Å². The maximum Gasteiger partial charge on any atom is 0.258 e. The Bertz CT molecular complexity index is 747. The van der Waals surface area contributed by atoms with Gasteiger partial charge >= 0.3 is 0 Å². The Morgan fingerprint density at radius 1 is 1.11 bits per heavy atom. The number of carbonyl (C=O) groups excluding carboxylic acids is 1. The molecule has 0 bridgehead atoms. The van der Waals surface area contributed by atoms with Gasteiger partial charge in [-0.3, -0.25) is 4.79 Å². The zero-order valence-electron chi connectivity index (χ0n) is 17.3. The number of benzene rings is 2. The molecule has 1 heterocycles. The van der Waals surface area contributed by atoms with Gasteiger partial charge in [0.05, 0.1) is 6.04 Å². The van der Waals surface area contributed by atoms with E-state index in [1.54, 1.807) is 0 Å². The highest BCUT2D eigenvalue weighted by molar-refractivity contribution is 5.78. The van der Waals surface area contributed by atoms with E-state index in [-0.39, 0.29) is 18.6 Å². The number of anilines is 1. The fourth-order valence-electron chi connectivity index (χ4n) is 3.58. The van der Waals surface area contributed by atoms with Gasteiger partial charge in [-0.15, -0.1) is 0 Å². The summed E-state index contributed by atoms with van der Waals surface area (Å²) >= 11 is 0. The summed E-state index contributed by atoms with van der Waals surface area (Å²) in [6.45, 7) is 8.73. The number of hydrogen-bond acceptors (Lipinski definition) is 3. The number of nitrogens with one attached hydrogen (secondary N) is 1. The summed E-state index contributed by atoms with van der Waals surface area (Å²) in [5.41, 5.74) is 3.63. The average molecular weight is 381 g/mol. The second kappa shape index (κ2) is 9.63. The SMILES string of the molecule is CCc1ccc(OCC(=O)NC(C)c2ccc(N3CCC(C)CC3)cc2)cc1. The van der Waals surface area contributed by atoms with Crippen LogP contribution in [0.2, 0.25) is 0 Å². The van der Waals surface area contributed by atoms with Crippen molar-refractivity contribution in [1.29, 1.82) is 0 Å². The molecule has 4 heteroatoms. The molecule has 4 nitrogen and oxygen atoms in total. The van der Waals surface area contributed by atoms with E-state index in [2.05, 4.69) is 48.3 Å². The molecule has 0 spiro atoms. The smallest absolute Gasteiger partial charge is 0.258 e. The summed E-state index contributed by atoms with van der Waals surface area (Å²) < 4.78 is 5.59. The second-order valence-electron chi connectivity index (χ2n) is 7.84. The Kier molecular flexibility index (Phi) is 6.96. The number of amides is 1. The lowest BCUT2D eigenvalue weighted by atomic mass is 9.98. The third kappa shape index (κ3) is 5.51. The maximum atomic E-state index is 12.2. The fourth-order valence-corrected chi connectivity index (χ4v) is 3.58. The lowest BCUT2D eigenvalue weighted by Crippen LogP contribution is -2.33. The summed E-state index contributed by atoms with van der Waals surface area (Å²) in [4.78, 5) is 14.7. The first-order chi connectivity index (χ1) is 13.5. The number of nitrogens with zero attached hydrogens (tertiary/aromatic N) is 1. The lowest BCUT2D eigenvalue weighted by Gasteiger charge is -2.32. The van der Waals surface area contributed by atoms with Crippen LogP contribution < -0.4 is 15.0 Å². The Morgan fingerprint density at radius 2 is 1.75 bits per heavy atom. The van der Waals surface area contributed by atoms with Crippen LogP contribution in [0, 0.1) is 5.92 Å². The molecule has 0 aliphatic carbocycles. The average Bonchev–Trinajstić information content (AvgIpc) is 2.73. The zero-order chi connectivity index (χ0) is 19.9. The molecule has 1 N–H and O–H groups in total. The van der Waals surface area contributed by atoms with E-state index < -0.39 is 0 Å². The van der Waals surface area contributed by atoms with Crippen molar-refractivity contribution < 1.29 is 9.53 Å². The fraction of sp³-hybridized carbons (Fsp3) is 0.458. The molecule has 0 saturated carbocycles. The van der Waals surface area contributed by atoms with Crippen molar-refractivity contribution in [2.45, 2.75) is 46.1 Å². The van der Waals surface area contributed by atoms with E-state index in [0.29, 0.717) is 0 Å². The first-order valence-electron chi connectivity index (χ1n) is 10.4. The predicted octanol–water partition coefficient (Wildman–Crippen LogP) is 4.74. The van der Waals surface area contributed by atoms with Gasteiger partial charge in [0.1, 0.15) is 5.75 Å². The van der Waals surface area contributed by atoms with Gasteiger partial charge in [-0.2, -0.15) is 0 Å². The van der Waals surface area contributed by atoms with E-state index in [4.69, 9.17) is 4.74 Å². The quantitative estimate of drug-likeness (QED) is 0.754. The highest BCUT2D eigenvalue weighted by atomic mass is 16.5. The highest BCUT2D eigenvalue weighted by Crippen LogP contribution is 2.24. The van der Waals surface area contributed by atoms with E-state index in [1.165, 1.54) is 24.1 Å². The van der Waals surface area contributed by atoms with E-state index in [9.17, 15) is 4.79 Å². The van der Waals surface area contributed by atoms with Gasteiger partial charge in [0.15, 0.2) is 6.61 Å². The summed E-state index contributed by atoms with van der Waals surface area (Å²) in [6, 6.07) is 16.4. The Morgan fingerprint density at radius 3 is 2.36 bits per heavy atom. The van der Waals surface area contributed by atoms with Crippen molar-refractivity contribution in [3.63, 3.8) is 0 Å². The van der Waals surface area contributed by atoms with Crippen molar-refractivity contribution in [1.82, 2.24) is 5.32 Å². The molecule has 0 radical (unpaired) electrons. The van der Waals surface area contributed by atoms with Crippen LogP contribution in [0.1, 0.15) is 50.8 Å². The van der Waals surface area contributed by atoms with Crippen molar-refractivity contribution in [3.05, 3.63) is 59.7 Å². The summed E-state index contributed by atoms with van der Waals surface area (Å²) in [6.07, 6.45) is 3.51. The van der Waals surface area contributed by atoms with E-state index in [1.807, 2.05) is 31.2 Å². The molecule has 28 heavy (non-hydrogen) atoms. The molecule has 1 amide bonds. The van der Waals surface area contributed by atoms with Crippen LogP contribution in [0.25, 0.3) is 0 Å². The predicted molar refractivity (Wildman–Crippen MR) is 115 cm³/mol. The van der Waals surface area contributed by atoms with Crippen molar-refractivity contribution >= 4 is 11.6 Å². The third-order valence-electron chi connectivity index (χ3n) is 5.62. The summed E-state index contributed by atoms with van der Waals surface area (Å²) in [5, 5.41) is 3.02. The van der Waals surface area contributed by atoms with E-state index in [0.717, 1.165) is 36.7 Å². The molecule has 1 fully saturated rings. The first-order valence-corrected chi connectivity index (χ1v) is 10.4. The first kappa shape index (κ1) is 20.2. The molecule has 150 valence electrons. The molecular weight excluding hydrogens is 348 g/mol. The Hall–Kier alpha value is -2.49. The number of rotatable bonds is 7. The maximum absolute atomic E-state index is 12.2. The molecule has 1 atom stereocenters. The van der Waals surface area contributed by atoms with Crippen molar-refractivity contribution in [2.24, 2.45) is 5.92 Å². The number of carbonyl (C=O) groups is 1. The van der Waals surface area contributed by atoms with Gasteiger partial charge in [-0.1, -0.05) is 38.1 Å². The molecule has 1 aliphatic rings. The van der Waals surface area contributed by atoms with Gasteiger partial charge in [0.2, 0.25) is 0 Å². The minimum Gasteiger partial charge on any atom is -0.484 e. The molecular formula is C24H32N2O2. The third-order valence-corrected chi connectivity index (χ3v) is 5.62. The summed E-state index contributed by atoms with van der Waals surface area (Å²) in [5.74, 6) is 1.44. The highest BCUT2D eigenvalue weighted by Gasteiger charge is 2.16. The van der Waals surface area contributed by atoms with Gasteiger partial charge in [-0.25, -0.2) is 0 Å². The van der Waals surface area contributed by atoms with Gasteiger partial charge < -0.3 is 15.0 Å². The van der Waals surface area contributed by atoms with Crippen LogP contribution in [0.4, 0.5) is 5.69 Å². The van der Waals surface area contributed by atoms with Crippen molar-refractivity contribution in [3.8, 4) is 5.75 Å². The Balaban J connectivity index is 1.48. The topological polar surface area (TPSA) is 41.6 Å². The zero-order valence-corrected chi connectivity index (χ0v) is 17.3. The largest absolute Gasteiger partial charge is 0.484 e. The van der Waals surface area contributed by atoms with Gasteiger partial charge in [0, 0.05) is 18.8 Å². The van der Waals surface area contributed by atoms with Gasteiger partial charge in [-0.05, 0) is 67.5 Å². The number of piperidine rings is 1. The number of ether oxygens (including phenoxy) is 1. The van der Waals surface area contributed by atoms with Crippen molar-refractivity contribution in [2.75, 3.05) is 24.6 Å². The van der Waals surface area contributed by atoms with Crippen LogP contribution in [-0.4, -0.2) is 25.6 Å². The second-order valence-corrected chi connectivity index (χ2v) is 7.84. The minimum absolute atomic E-state index is 0.0276. The standard InChI is InChI=1S/C24H32N2O2/c1-4-20-5-11-23(12-6-20)28-17-24(27)25-19(3)21-7-9-22(10-8-21)26-15-13-18(2)14-16-26/h5-12,18-19H,4,13-17H2,1-3H3,(H,25,27). The molecule has 1 saturated heterocycles. The Labute approximate surface area is 168 Å². The van der Waals surface area contributed by atoms with Crippen LogP contribution >= 0.6 is 0 Å².